The highest BCUT2D eigenvalue weighted by Crippen LogP contribution is 2.24. The van der Waals surface area contributed by atoms with E-state index in [-0.39, 0.29) is 10.6 Å². The molecule has 0 radical (unpaired) electrons. The van der Waals surface area contributed by atoms with E-state index in [0.717, 1.165) is 10.2 Å². The molecule has 2 aromatic rings. The van der Waals surface area contributed by atoms with E-state index < -0.39 is 5.82 Å². The quantitative estimate of drug-likeness (QED) is 0.839. The summed E-state index contributed by atoms with van der Waals surface area (Å²) in [5.41, 5.74) is 7.15. The van der Waals surface area contributed by atoms with Gasteiger partial charge >= 0.3 is 0 Å². The van der Waals surface area contributed by atoms with Crippen molar-refractivity contribution in [2.45, 2.75) is 0 Å². The van der Waals surface area contributed by atoms with Gasteiger partial charge in [-0.1, -0.05) is 40.3 Å². The molecule has 0 aliphatic rings. The van der Waals surface area contributed by atoms with Crippen LogP contribution in [0.5, 0.6) is 0 Å². The molecule has 18 heavy (non-hydrogen) atoms. The summed E-state index contributed by atoms with van der Waals surface area (Å²) in [6, 6.07) is 12.2. The highest BCUT2D eigenvalue weighted by atomic mass is 79.9. The molecule has 0 amide bonds. The number of hydrogen-bond donors (Lipinski definition) is 2. The lowest BCUT2D eigenvalue weighted by molar-refractivity contribution is 0.626. The topological polar surface area (TPSA) is 38.0 Å². The maximum Gasteiger partial charge on any atom is 0.135 e. The minimum atomic E-state index is -0.428. The van der Waals surface area contributed by atoms with Gasteiger partial charge in [0.2, 0.25) is 0 Å². The summed E-state index contributed by atoms with van der Waals surface area (Å²) in [7, 11) is 0. The fourth-order valence-corrected chi connectivity index (χ4v) is 2.21. The van der Waals surface area contributed by atoms with Crippen molar-refractivity contribution in [3.63, 3.8) is 0 Å². The van der Waals surface area contributed by atoms with Gasteiger partial charge in [-0.05, 0) is 30.3 Å². The molecule has 3 N–H and O–H groups in total. The molecule has 0 aromatic heterocycles. The van der Waals surface area contributed by atoms with E-state index in [1.165, 1.54) is 6.07 Å². The number of thiocarbonyl (C=S) groups is 1. The summed E-state index contributed by atoms with van der Waals surface area (Å²) in [6.07, 6.45) is 0. The Morgan fingerprint density at radius 3 is 2.61 bits per heavy atom. The monoisotopic (exact) mass is 324 g/mol. The Hall–Kier alpha value is -1.46. The van der Waals surface area contributed by atoms with Crippen molar-refractivity contribution in [1.29, 1.82) is 0 Å². The van der Waals surface area contributed by atoms with Crippen molar-refractivity contribution in [1.82, 2.24) is 0 Å². The molecule has 0 saturated carbocycles. The van der Waals surface area contributed by atoms with E-state index >= 15 is 0 Å². The van der Waals surface area contributed by atoms with Crippen molar-refractivity contribution in [3.05, 3.63) is 58.3 Å². The van der Waals surface area contributed by atoms with Crippen LogP contribution in [0.4, 0.5) is 15.8 Å². The normalized spacial score (nSPS) is 10.1. The number of hydrogen-bond acceptors (Lipinski definition) is 2. The third-order valence-corrected chi connectivity index (χ3v) is 3.06. The van der Waals surface area contributed by atoms with Crippen molar-refractivity contribution in [2.24, 2.45) is 5.73 Å². The lowest BCUT2D eigenvalue weighted by Gasteiger charge is -2.12. The highest BCUT2D eigenvalue weighted by molar-refractivity contribution is 9.10. The van der Waals surface area contributed by atoms with E-state index in [2.05, 4.69) is 21.2 Å². The minimum absolute atomic E-state index is 0.0330. The summed E-state index contributed by atoms with van der Waals surface area (Å²) in [5.74, 6) is -0.428. The van der Waals surface area contributed by atoms with Crippen LogP contribution in [0, 0.1) is 5.82 Å². The van der Waals surface area contributed by atoms with Gasteiger partial charge in [0.05, 0.1) is 11.3 Å². The van der Waals surface area contributed by atoms with Crippen LogP contribution < -0.4 is 11.1 Å². The molecule has 0 aliphatic carbocycles. The van der Waals surface area contributed by atoms with Gasteiger partial charge in [0.15, 0.2) is 0 Å². The minimum Gasteiger partial charge on any atom is -0.389 e. The fraction of sp³-hybridized carbons (Fsp3) is 0. The zero-order valence-corrected chi connectivity index (χ0v) is 11.7. The third kappa shape index (κ3) is 2.86. The second-order valence-electron chi connectivity index (χ2n) is 3.66. The average Bonchev–Trinajstić information content (AvgIpc) is 2.28. The van der Waals surface area contributed by atoms with Gasteiger partial charge in [0.25, 0.3) is 0 Å². The largest absolute Gasteiger partial charge is 0.389 e. The van der Waals surface area contributed by atoms with Crippen LogP contribution >= 0.6 is 28.1 Å². The number of benzene rings is 2. The predicted octanol–water partition coefficient (Wildman–Crippen LogP) is 3.97. The number of anilines is 2. The van der Waals surface area contributed by atoms with Crippen molar-refractivity contribution < 1.29 is 4.39 Å². The first-order valence-corrected chi connectivity index (χ1v) is 6.39. The molecule has 2 rings (SSSR count). The van der Waals surface area contributed by atoms with Gasteiger partial charge in [0, 0.05) is 10.2 Å². The smallest absolute Gasteiger partial charge is 0.135 e. The predicted molar refractivity (Wildman–Crippen MR) is 79.7 cm³/mol. The van der Waals surface area contributed by atoms with Crippen molar-refractivity contribution in [2.75, 3.05) is 5.32 Å². The van der Waals surface area contributed by atoms with Crippen LogP contribution in [0.2, 0.25) is 0 Å². The van der Waals surface area contributed by atoms with Gasteiger partial charge in [-0.3, -0.25) is 0 Å². The summed E-state index contributed by atoms with van der Waals surface area (Å²) in [4.78, 5) is 0.0330. The summed E-state index contributed by atoms with van der Waals surface area (Å²) < 4.78 is 14.6. The van der Waals surface area contributed by atoms with Crippen molar-refractivity contribution in [3.8, 4) is 0 Å². The van der Waals surface area contributed by atoms with Gasteiger partial charge in [-0.2, -0.15) is 0 Å². The highest BCUT2D eigenvalue weighted by Gasteiger charge is 2.11. The van der Waals surface area contributed by atoms with Crippen LogP contribution in [-0.4, -0.2) is 4.99 Å². The molecule has 92 valence electrons. The number of halogens is 2. The number of nitrogens with two attached hydrogens (primary N) is 1. The zero-order valence-electron chi connectivity index (χ0n) is 9.28. The molecule has 2 nitrogen and oxygen atoms in total. The molecule has 0 heterocycles. The van der Waals surface area contributed by atoms with Crippen LogP contribution in [0.25, 0.3) is 0 Å². The summed E-state index contributed by atoms with van der Waals surface area (Å²) >= 11 is 8.24. The Morgan fingerprint density at radius 1 is 1.22 bits per heavy atom. The van der Waals surface area contributed by atoms with Crippen molar-refractivity contribution >= 4 is 44.5 Å². The summed E-state index contributed by atoms with van der Waals surface area (Å²) in [5, 5.41) is 3.10. The van der Waals surface area contributed by atoms with Crippen LogP contribution in [0.15, 0.2) is 46.9 Å². The Balaban J connectivity index is 2.40. The molecule has 2 aromatic carbocycles. The van der Waals surface area contributed by atoms with Crippen LogP contribution in [0.1, 0.15) is 5.56 Å². The average molecular weight is 325 g/mol. The first-order chi connectivity index (χ1) is 8.58. The fourth-order valence-electron chi connectivity index (χ4n) is 1.60. The molecule has 5 heteroatoms. The second kappa shape index (κ2) is 5.46. The number of nitrogens with one attached hydrogen (secondary N) is 1. The Kier molecular flexibility index (Phi) is 3.93. The van der Waals surface area contributed by atoms with E-state index in [9.17, 15) is 4.39 Å². The lowest BCUT2D eigenvalue weighted by Crippen LogP contribution is -2.14. The molecule has 0 unspecified atom stereocenters. The molecular weight excluding hydrogens is 315 g/mol. The molecule has 0 aliphatic heterocycles. The maximum absolute atomic E-state index is 13.7. The first-order valence-electron chi connectivity index (χ1n) is 5.19. The Labute approximate surface area is 118 Å². The first kappa shape index (κ1) is 13.0. The maximum atomic E-state index is 13.7. The molecule has 0 atom stereocenters. The SMILES string of the molecule is NC(=S)c1c(F)cccc1Nc1cccc(Br)c1. The van der Waals surface area contributed by atoms with Gasteiger partial charge in [0.1, 0.15) is 10.8 Å². The third-order valence-electron chi connectivity index (χ3n) is 2.36. The van der Waals surface area contributed by atoms with E-state index in [0.29, 0.717) is 5.69 Å². The lowest BCUT2D eigenvalue weighted by atomic mass is 10.1. The molecule has 0 saturated heterocycles. The van der Waals surface area contributed by atoms with E-state index in [4.69, 9.17) is 18.0 Å². The second-order valence-corrected chi connectivity index (χ2v) is 5.02. The Bertz CT molecular complexity index is 601. The number of rotatable bonds is 3. The standard InChI is InChI=1S/C13H10BrFN2S/c14-8-3-1-4-9(7-8)17-11-6-2-5-10(15)12(11)13(16)18/h1-7,17H,(H2,16,18). The molecule has 0 bridgehead atoms. The van der Waals surface area contributed by atoms with Crippen LogP contribution in [0.3, 0.4) is 0 Å². The van der Waals surface area contributed by atoms with Gasteiger partial charge in [-0.15, -0.1) is 0 Å². The van der Waals surface area contributed by atoms with Crippen LogP contribution in [-0.2, 0) is 0 Å². The zero-order chi connectivity index (χ0) is 13.1. The van der Waals surface area contributed by atoms with Gasteiger partial charge in [-0.25, -0.2) is 4.39 Å². The summed E-state index contributed by atoms with van der Waals surface area (Å²) in [6.45, 7) is 0. The Morgan fingerprint density at radius 2 is 1.94 bits per heavy atom. The van der Waals surface area contributed by atoms with Gasteiger partial charge < -0.3 is 11.1 Å². The molecule has 0 fully saturated rings. The van der Waals surface area contributed by atoms with E-state index in [1.54, 1.807) is 12.1 Å². The molecular formula is C13H10BrFN2S. The molecule has 0 spiro atoms. The van der Waals surface area contributed by atoms with E-state index in [1.807, 2.05) is 24.3 Å².